The molecule has 0 aliphatic heterocycles. The Morgan fingerprint density at radius 3 is 2.66 bits per heavy atom. The van der Waals surface area contributed by atoms with Crippen LogP contribution in [-0.2, 0) is 19.9 Å². The summed E-state index contributed by atoms with van der Waals surface area (Å²) in [7, 11) is 1.83. The summed E-state index contributed by atoms with van der Waals surface area (Å²) < 4.78 is 27.3. The molecule has 7 nitrogen and oxygen atoms in total. The first kappa shape index (κ1) is 22.9. The lowest BCUT2D eigenvalue weighted by molar-refractivity contribution is 0.149. The van der Waals surface area contributed by atoms with Gasteiger partial charge >= 0.3 is 0 Å². The van der Waals surface area contributed by atoms with Crippen LogP contribution in [0.25, 0.3) is 0 Å². The maximum absolute atomic E-state index is 12.8. The van der Waals surface area contributed by atoms with Gasteiger partial charge in [0.25, 0.3) is 6.43 Å². The number of hydrogen-bond acceptors (Lipinski definition) is 6. The Morgan fingerprint density at radius 1 is 1.28 bits per heavy atom. The van der Waals surface area contributed by atoms with Gasteiger partial charge in [-0.3, -0.25) is 9.67 Å². The first-order chi connectivity index (χ1) is 15.3. The molecule has 3 aromatic rings. The molecular weight excluding hydrogens is 414 g/mol. The maximum Gasteiger partial charge on any atom is 0.265 e. The lowest BCUT2D eigenvalue weighted by Crippen LogP contribution is -2.10. The van der Waals surface area contributed by atoms with E-state index in [0.29, 0.717) is 17.7 Å². The van der Waals surface area contributed by atoms with E-state index in [-0.39, 0.29) is 16.9 Å². The molecule has 0 unspecified atom stereocenters. The third-order valence-electron chi connectivity index (χ3n) is 5.25. The van der Waals surface area contributed by atoms with Crippen LogP contribution in [0.2, 0.25) is 0 Å². The smallest absolute Gasteiger partial charge is 0.265 e. The van der Waals surface area contributed by atoms with Gasteiger partial charge < -0.3 is 15.8 Å². The van der Waals surface area contributed by atoms with Gasteiger partial charge in [-0.1, -0.05) is 0 Å². The molecule has 0 radical (unpaired) electrons. The second kappa shape index (κ2) is 10.0. The molecule has 0 spiro atoms. The summed E-state index contributed by atoms with van der Waals surface area (Å²) in [6.07, 6.45) is 6.73. The molecule has 3 N–H and O–H groups in total. The summed E-state index contributed by atoms with van der Waals surface area (Å²) in [6.45, 7) is 1.80. The number of rotatable bonds is 4. The molecule has 0 saturated carbocycles. The van der Waals surface area contributed by atoms with E-state index in [4.69, 9.17) is 10.7 Å². The Morgan fingerprint density at radius 2 is 2.03 bits per heavy atom. The quantitative estimate of drug-likeness (QED) is 0.500. The second-order valence-electron chi connectivity index (χ2n) is 7.53. The van der Waals surface area contributed by atoms with Crippen molar-refractivity contribution in [2.75, 3.05) is 5.32 Å². The normalized spacial score (nSPS) is 12.4. The summed E-state index contributed by atoms with van der Waals surface area (Å²) in [5.41, 5.74) is 4.26. The van der Waals surface area contributed by atoms with Gasteiger partial charge in [-0.05, 0) is 49.8 Å². The second-order valence-corrected chi connectivity index (χ2v) is 7.53. The molecule has 1 aliphatic rings. The molecule has 0 amide bonds. The molecule has 1 aromatic carbocycles. The van der Waals surface area contributed by atoms with Gasteiger partial charge in [-0.2, -0.15) is 10.4 Å². The molecule has 32 heavy (non-hydrogen) atoms. The van der Waals surface area contributed by atoms with Crippen molar-refractivity contribution in [2.45, 2.75) is 39.0 Å². The number of aromatic hydroxyl groups is 1. The van der Waals surface area contributed by atoms with Gasteiger partial charge in [0.05, 0.1) is 23.1 Å². The molecule has 4 rings (SSSR count). The van der Waals surface area contributed by atoms with Crippen molar-refractivity contribution in [1.29, 1.82) is 10.7 Å². The number of fused-ring (bicyclic) bond motifs is 1. The number of benzene rings is 1. The largest absolute Gasteiger partial charge is 0.508 e. The molecule has 0 atom stereocenters. The lowest BCUT2D eigenvalue weighted by Gasteiger charge is -2.18. The molecular formula is C23H24F2N6O. The van der Waals surface area contributed by atoms with Crippen LogP contribution in [0.1, 0.15) is 52.8 Å². The number of phenolic OH excluding ortho intramolecular Hbond substituents is 1. The van der Waals surface area contributed by atoms with E-state index < -0.39 is 6.43 Å². The summed E-state index contributed by atoms with van der Waals surface area (Å²) >= 11 is 0. The first-order valence-electron chi connectivity index (χ1n) is 10.1. The predicted molar refractivity (Wildman–Crippen MR) is 118 cm³/mol. The van der Waals surface area contributed by atoms with Gasteiger partial charge in [-0.25, -0.2) is 8.78 Å². The van der Waals surface area contributed by atoms with Crippen molar-refractivity contribution in [3.8, 4) is 11.8 Å². The Kier molecular flexibility index (Phi) is 7.15. The third kappa shape index (κ3) is 5.09. The maximum atomic E-state index is 12.8. The van der Waals surface area contributed by atoms with Crippen molar-refractivity contribution in [3.05, 3.63) is 64.2 Å². The molecule has 9 heteroatoms. The van der Waals surface area contributed by atoms with E-state index in [9.17, 15) is 13.9 Å². The van der Waals surface area contributed by atoms with Crippen LogP contribution in [0.4, 0.5) is 20.2 Å². The van der Waals surface area contributed by atoms with Crippen LogP contribution in [0.15, 0.2) is 30.7 Å². The van der Waals surface area contributed by atoms with Gasteiger partial charge in [0.15, 0.2) is 0 Å². The Hall–Kier alpha value is -3.80. The van der Waals surface area contributed by atoms with E-state index in [0.717, 1.165) is 41.8 Å². The number of phenols is 1. The van der Waals surface area contributed by atoms with E-state index in [1.165, 1.54) is 12.4 Å². The number of pyridine rings is 1. The Balaban J connectivity index is 0.000000182. The van der Waals surface area contributed by atoms with E-state index >= 15 is 0 Å². The average Bonchev–Trinajstić information content (AvgIpc) is 3.20. The number of halogens is 2. The minimum Gasteiger partial charge on any atom is -0.508 e. The Labute approximate surface area is 184 Å². The number of aryl methyl sites for hydroxylation is 3. The molecule has 0 saturated heterocycles. The standard InChI is InChI=1S/C12H14N4O.C11H10F2N2/c1-8-3-9(5-13)11(4-12(8)17)15-10-6-14-16(2)7-10;12-11(13)10-7(5-14)6-15-9-4-2-1-3-8(9)10/h3-7,13,15,17H,1-2H3;6,11H,1-4H2. The van der Waals surface area contributed by atoms with Gasteiger partial charge in [-0.15, -0.1) is 0 Å². The van der Waals surface area contributed by atoms with Gasteiger partial charge in [0.1, 0.15) is 11.8 Å². The minimum atomic E-state index is -2.57. The first-order valence-corrected chi connectivity index (χ1v) is 10.1. The highest BCUT2D eigenvalue weighted by molar-refractivity contribution is 5.88. The van der Waals surface area contributed by atoms with Crippen molar-refractivity contribution < 1.29 is 13.9 Å². The fraction of sp³-hybridized carbons (Fsp3) is 0.304. The van der Waals surface area contributed by atoms with Crippen molar-refractivity contribution in [3.63, 3.8) is 0 Å². The van der Waals surface area contributed by atoms with E-state index in [2.05, 4.69) is 15.4 Å². The van der Waals surface area contributed by atoms with E-state index in [1.54, 1.807) is 36.0 Å². The molecule has 0 fully saturated rings. The highest BCUT2D eigenvalue weighted by Gasteiger charge is 2.23. The molecule has 166 valence electrons. The van der Waals surface area contributed by atoms with Crippen molar-refractivity contribution in [2.24, 2.45) is 7.05 Å². The predicted octanol–water partition coefficient (Wildman–Crippen LogP) is 4.95. The number of nitriles is 1. The molecule has 0 bridgehead atoms. The van der Waals surface area contributed by atoms with Crippen molar-refractivity contribution in [1.82, 2.24) is 14.8 Å². The minimum absolute atomic E-state index is 0.0191. The van der Waals surface area contributed by atoms with Crippen LogP contribution in [0.5, 0.6) is 5.75 Å². The molecule has 1 aliphatic carbocycles. The third-order valence-corrected chi connectivity index (χ3v) is 5.25. The zero-order chi connectivity index (χ0) is 23.3. The van der Waals surface area contributed by atoms with Crippen LogP contribution in [0, 0.1) is 23.7 Å². The zero-order valence-electron chi connectivity index (χ0n) is 17.9. The van der Waals surface area contributed by atoms with Crippen LogP contribution in [0.3, 0.4) is 0 Å². The number of anilines is 2. The topological polar surface area (TPSA) is 111 Å². The lowest BCUT2D eigenvalue weighted by atomic mass is 9.90. The number of nitrogens with zero attached hydrogens (tertiary/aromatic N) is 4. The summed E-state index contributed by atoms with van der Waals surface area (Å²) in [5.74, 6) is 0.210. The Bertz CT molecular complexity index is 1170. The van der Waals surface area contributed by atoms with Crippen LogP contribution >= 0.6 is 0 Å². The van der Waals surface area contributed by atoms with E-state index in [1.807, 2.05) is 13.2 Å². The number of hydrogen-bond donors (Lipinski definition) is 3. The van der Waals surface area contributed by atoms with Crippen LogP contribution < -0.4 is 5.32 Å². The zero-order valence-corrected chi connectivity index (χ0v) is 17.9. The fourth-order valence-corrected chi connectivity index (χ4v) is 3.62. The average molecular weight is 438 g/mol. The van der Waals surface area contributed by atoms with Gasteiger partial charge in [0, 0.05) is 48.5 Å². The number of alkyl halides is 2. The van der Waals surface area contributed by atoms with Crippen LogP contribution in [-0.4, -0.2) is 26.1 Å². The number of nitrogens with one attached hydrogen (secondary N) is 2. The summed E-state index contributed by atoms with van der Waals surface area (Å²) in [6, 6.07) is 5.16. The highest BCUT2D eigenvalue weighted by atomic mass is 19.3. The monoisotopic (exact) mass is 438 g/mol. The fourth-order valence-electron chi connectivity index (χ4n) is 3.62. The summed E-state index contributed by atoms with van der Waals surface area (Å²) in [4.78, 5) is 4.08. The van der Waals surface area contributed by atoms with Crippen molar-refractivity contribution >= 4 is 17.6 Å². The summed E-state index contributed by atoms with van der Waals surface area (Å²) in [5, 5.41) is 32.9. The SMILES string of the molecule is Cc1cc(C=N)c(Nc2cnn(C)c2)cc1O.N#Cc1cnc2c(c1C(F)F)CCCC2. The molecule has 2 aromatic heterocycles. The molecule has 2 heterocycles. The van der Waals surface area contributed by atoms with Gasteiger partial charge in [0.2, 0.25) is 0 Å². The highest BCUT2D eigenvalue weighted by Crippen LogP contribution is 2.32. The number of aromatic nitrogens is 3.